The lowest BCUT2D eigenvalue weighted by Crippen LogP contribution is -2.46. The third-order valence-electron chi connectivity index (χ3n) is 3.91. The highest BCUT2D eigenvalue weighted by Crippen LogP contribution is 2.21. The Morgan fingerprint density at radius 2 is 1.53 bits per heavy atom. The Morgan fingerprint density at radius 1 is 0.941 bits per heavy atom. The molecule has 0 aromatic rings. The molecule has 98 valence electrons. The van der Waals surface area contributed by atoms with Crippen molar-refractivity contribution in [3.63, 3.8) is 0 Å². The molecule has 4 heteroatoms. The van der Waals surface area contributed by atoms with Crippen LogP contribution >= 0.6 is 0 Å². The van der Waals surface area contributed by atoms with E-state index in [9.17, 15) is 0 Å². The van der Waals surface area contributed by atoms with Crippen LogP contribution in [0.3, 0.4) is 0 Å². The van der Waals surface area contributed by atoms with Crippen molar-refractivity contribution in [2.75, 3.05) is 13.1 Å². The molecule has 1 heterocycles. The van der Waals surface area contributed by atoms with E-state index in [1.165, 1.54) is 57.8 Å². The number of likely N-dealkylation sites (tertiary alicyclic amines) is 1. The minimum Gasteiger partial charge on any atom is -0.342 e. The van der Waals surface area contributed by atoms with E-state index in [1.807, 2.05) is 0 Å². The summed E-state index contributed by atoms with van der Waals surface area (Å²) in [6.45, 7) is 2.21. The van der Waals surface area contributed by atoms with Gasteiger partial charge in [0.15, 0.2) is 0 Å². The first-order chi connectivity index (χ1) is 8.40. The molecular weight excluding hydrogens is 212 g/mol. The van der Waals surface area contributed by atoms with Crippen LogP contribution in [0.25, 0.3) is 0 Å². The zero-order valence-corrected chi connectivity index (χ0v) is 10.8. The Kier molecular flexibility index (Phi) is 5.10. The summed E-state index contributed by atoms with van der Waals surface area (Å²) in [5.41, 5.74) is 2.82. The van der Waals surface area contributed by atoms with Crippen molar-refractivity contribution in [2.24, 2.45) is 10.8 Å². The summed E-state index contributed by atoms with van der Waals surface area (Å²) in [5, 5.41) is 0. The highest BCUT2D eigenvalue weighted by Gasteiger charge is 2.17. The number of aliphatic imine (C=N–C) groups is 1. The molecule has 0 atom stereocenters. The molecule has 17 heavy (non-hydrogen) atoms. The Labute approximate surface area is 105 Å². The lowest BCUT2D eigenvalue weighted by molar-refractivity contribution is 0.349. The van der Waals surface area contributed by atoms with Gasteiger partial charge >= 0.3 is 0 Å². The summed E-state index contributed by atoms with van der Waals surface area (Å²) in [6, 6.07) is 0.506. The number of hydrogen-bond acceptors (Lipinski definition) is 2. The van der Waals surface area contributed by atoms with Crippen molar-refractivity contribution in [3.05, 3.63) is 0 Å². The van der Waals surface area contributed by atoms with Gasteiger partial charge in [-0.25, -0.2) is 10.8 Å². The van der Waals surface area contributed by atoms with Crippen molar-refractivity contribution in [3.8, 4) is 0 Å². The van der Waals surface area contributed by atoms with Gasteiger partial charge in [-0.3, -0.25) is 5.43 Å². The van der Waals surface area contributed by atoms with Crippen LogP contribution in [0.15, 0.2) is 4.99 Å². The lowest BCUT2D eigenvalue weighted by Gasteiger charge is -2.28. The van der Waals surface area contributed by atoms with Gasteiger partial charge in [-0.2, -0.15) is 0 Å². The third kappa shape index (κ3) is 3.87. The van der Waals surface area contributed by atoms with Crippen LogP contribution in [-0.4, -0.2) is 30.0 Å². The molecule has 3 N–H and O–H groups in total. The summed E-state index contributed by atoms with van der Waals surface area (Å²) >= 11 is 0. The van der Waals surface area contributed by atoms with Crippen molar-refractivity contribution in [1.82, 2.24) is 10.3 Å². The van der Waals surface area contributed by atoms with Crippen LogP contribution in [0, 0.1) is 0 Å². The molecule has 2 fully saturated rings. The number of hydrogen-bond donors (Lipinski definition) is 2. The fourth-order valence-corrected chi connectivity index (χ4v) is 2.88. The predicted octanol–water partition coefficient (Wildman–Crippen LogP) is 2.01. The largest absolute Gasteiger partial charge is 0.342 e. The van der Waals surface area contributed by atoms with Gasteiger partial charge in [-0.05, 0) is 25.7 Å². The Bertz CT molecular complexity index is 238. The first kappa shape index (κ1) is 12.7. The normalized spacial score (nSPS) is 24.5. The molecule has 4 nitrogen and oxygen atoms in total. The molecule has 0 aromatic carbocycles. The quantitative estimate of drug-likeness (QED) is 0.318. The van der Waals surface area contributed by atoms with Crippen molar-refractivity contribution < 1.29 is 0 Å². The molecule has 0 aromatic heterocycles. The maximum absolute atomic E-state index is 5.65. The number of rotatable bonds is 1. The molecule has 1 aliphatic heterocycles. The number of nitrogens with zero attached hydrogens (tertiary/aromatic N) is 2. The fourth-order valence-electron chi connectivity index (χ4n) is 2.88. The van der Waals surface area contributed by atoms with E-state index in [2.05, 4.69) is 10.3 Å². The van der Waals surface area contributed by atoms with Gasteiger partial charge in [-0.1, -0.05) is 32.1 Å². The molecular formula is C13H26N4. The molecule has 2 aliphatic rings. The van der Waals surface area contributed by atoms with Gasteiger partial charge in [0.1, 0.15) is 0 Å². The highest BCUT2D eigenvalue weighted by molar-refractivity contribution is 5.79. The molecule has 1 saturated carbocycles. The van der Waals surface area contributed by atoms with E-state index in [0.29, 0.717) is 6.04 Å². The average molecular weight is 238 g/mol. The molecule has 0 amide bonds. The summed E-state index contributed by atoms with van der Waals surface area (Å²) in [6.07, 6.45) is 11.7. The zero-order chi connectivity index (χ0) is 11.9. The summed E-state index contributed by atoms with van der Waals surface area (Å²) in [7, 11) is 0. The first-order valence-electron chi connectivity index (χ1n) is 7.19. The maximum atomic E-state index is 5.65. The Hall–Kier alpha value is -0.770. The van der Waals surface area contributed by atoms with Gasteiger partial charge in [-0.15, -0.1) is 0 Å². The van der Waals surface area contributed by atoms with E-state index in [1.54, 1.807) is 0 Å². The topological polar surface area (TPSA) is 53.6 Å². The maximum Gasteiger partial charge on any atom is 0.208 e. The first-order valence-corrected chi connectivity index (χ1v) is 7.19. The van der Waals surface area contributed by atoms with Crippen LogP contribution in [0.5, 0.6) is 0 Å². The summed E-state index contributed by atoms with van der Waals surface area (Å²) in [4.78, 5) is 7.14. The van der Waals surface area contributed by atoms with Gasteiger partial charge in [0.05, 0.1) is 6.04 Å². The molecule has 2 rings (SSSR count). The zero-order valence-electron chi connectivity index (χ0n) is 10.8. The Balaban J connectivity index is 1.94. The lowest BCUT2D eigenvalue weighted by atomic mass is 10.1. The highest BCUT2D eigenvalue weighted by atomic mass is 15.4. The Morgan fingerprint density at radius 3 is 2.12 bits per heavy atom. The number of nitrogens with one attached hydrogen (secondary N) is 1. The monoisotopic (exact) mass is 238 g/mol. The summed E-state index contributed by atoms with van der Waals surface area (Å²) < 4.78 is 0. The molecule has 1 saturated heterocycles. The van der Waals surface area contributed by atoms with E-state index < -0.39 is 0 Å². The average Bonchev–Trinajstić information content (AvgIpc) is 2.79. The van der Waals surface area contributed by atoms with Crippen LogP contribution < -0.4 is 11.3 Å². The van der Waals surface area contributed by atoms with E-state index in [0.717, 1.165) is 19.0 Å². The summed E-state index contributed by atoms with van der Waals surface area (Å²) in [5.74, 6) is 6.58. The number of hydrazine groups is 1. The molecule has 0 bridgehead atoms. The number of guanidine groups is 1. The van der Waals surface area contributed by atoms with Crippen LogP contribution in [0.4, 0.5) is 0 Å². The van der Waals surface area contributed by atoms with Gasteiger partial charge < -0.3 is 4.90 Å². The molecule has 0 unspecified atom stereocenters. The predicted molar refractivity (Wildman–Crippen MR) is 71.7 cm³/mol. The number of nitrogens with two attached hydrogens (primary N) is 1. The van der Waals surface area contributed by atoms with Crippen molar-refractivity contribution >= 4 is 5.96 Å². The minimum atomic E-state index is 0.506. The van der Waals surface area contributed by atoms with Gasteiger partial charge in [0.25, 0.3) is 0 Å². The molecule has 0 spiro atoms. The van der Waals surface area contributed by atoms with Gasteiger partial charge in [0, 0.05) is 13.1 Å². The second-order valence-electron chi connectivity index (χ2n) is 5.29. The van der Waals surface area contributed by atoms with E-state index in [4.69, 9.17) is 10.8 Å². The van der Waals surface area contributed by atoms with E-state index in [-0.39, 0.29) is 0 Å². The van der Waals surface area contributed by atoms with Crippen molar-refractivity contribution in [1.29, 1.82) is 0 Å². The fraction of sp³-hybridized carbons (Fsp3) is 0.923. The van der Waals surface area contributed by atoms with E-state index >= 15 is 0 Å². The minimum absolute atomic E-state index is 0.506. The standard InChI is InChI=1S/C13H26N4/c14-16-13(15-12-8-4-5-9-12)17-10-6-2-1-3-7-11-17/h12H,1-11,14H2,(H,15,16). The SMILES string of the molecule is NNC(=NC1CCCC1)N1CCCCCCC1. The van der Waals surface area contributed by atoms with Crippen LogP contribution in [0.2, 0.25) is 0 Å². The molecule has 0 radical (unpaired) electrons. The van der Waals surface area contributed by atoms with Crippen molar-refractivity contribution in [2.45, 2.75) is 63.8 Å². The molecule has 1 aliphatic carbocycles. The second kappa shape index (κ2) is 6.84. The van der Waals surface area contributed by atoms with Crippen LogP contribution in [0.1, 0.15) is 57.8 Å². The van der Waals surface area contributed by atoms with Crippen LogP contribution in [-0.2, 0) is 0 Å². The smallest absolute Gasteiger partial charge is 0.208 e. The third-order valence-corrected chi connectivity index (χ3v) is 3.91. The van der Waals surface area contributed by atoms with Gasteiger partial charge in [0.2, 0.25) is 5.96 Å². The second-order valence-corrected chi connectivity index (χ2v) is 5.29.